The van der Waals surface area contributed by atoms with E-state index in [0.717, 1.165) is 0 Å². The van der Waals surface area contributed by atoms with Crippen LogP contribution in [0.15, 0.2) is 24.8 Å². The molecule has 1 aliphatic heterocycles. The van der Waals surface area contributed by atoms with Gasteiger partial charge in [0, 0.05) is 6.54 Å². The van der Waals surface area contributed by atoms with Gasteiger partial charge < -0.3 is 5.11 Å². The van der Waals surface area contributed by atoms with Crippen molar-refractivity contribution in [2.24, 2.45) is 17.3 Å². The number of allylic oxidation sites excluding steroid dienone is 1. The molecular formula is C14H19NO3. The van der Waals surface area contributed by atoms with Crippen LogP contribution in [0.3, 0.4) is 0 Å². The first-order valence-corrected chi connectivity index (χ1v) is 6.11. The minimum Gasteiger partial charge on any atom is -0.385 e. The molecule has 1 N–H and O–H groups in total. The highest BCUT2D eigenvalue weighted by molar-refractivity contribution is 6.06. The first-order chi connectivity index (χ1) is 8.22. The lowest BCUT2D eigenvalue weighted by atomic mass is 9.63. The normalized spacial score (nSPS) is 37.9. The summed E-state index contributed by atoms with van der Waals surface area (Å²) in [4.78, 5) is 25.9. The number of amides is 2. The minimum absolute atomic E-state index is 0.205. The molecule has 2 amide bonds. The number of aliphatic hydroxyl groups is 1. The Kier molecular flexibility index (Phi) is 2.74. The molecule has 0 unspecified atom stereocenters. The van der Waals surface area contributed by atoms with Crippen LogP contribution in [-0.2, 0) is 9.59 Å². The summed E-state index contributed by atoms with van der Waals surface area (Å²) in [7, 11) is 0. The van der Waals surface area contributed by atoms with E-state index in [1.165, 1.54) is 11.0 Å². The van der Waals surface area contributed by atoms with E-state index in [9.17, 15) is 14.7 Å². The van der Waals surface area contributed by atoms with Gasteiger partial charge in [-0.1, -0.05) is 32.1 Å². The molecule has 0 aromatic rings. The molecule has 98 valence electrons. The van der Waals surface area contributed by atoms with E-state index in [-0.39, 0.29) is 18.4 Å². The number of carbonyl (C=O) groups is 2. The molecular weight excluding hydrogens is 230 g/mol. The molecule has 3 atom stereocenters. The molecule has 0 aromatic carbocycles. The molecule has 1 saturated heterocycles. The lowest BCUT2D eigenvalue weighted by molar-refractivity contribution is -0.140. The zero-order valence-electron chi connectivity index (χ0n) is 11.0. The average Bonchev–Trinajstić information content (AvgIpc) is 2.52. The van der Waals surface area contributed by atoms with E-state index in [4.69, 9.17) is 0 Å². The fraction of sp³-hybridized carbons (Fsp3) is 0.571. The van der Waals surface area contributed by atoms with E-state index >= 15 is 0 Å². The monoisotopic (exact) mass is 249 g/mol. The molecule has 2 aliphatic rings. The summed E-state index contributed by atoms with van der Waals surface area (Å²) < 4.78 is 0. The number of hydrogen-bond donors (Lipinski definition) is 1. The van der Waals surface area contributed by atoms with Crippen molar-refractivity contribution in [1.82, 2.24) is 4.90 Å². The Morgan fingerprint density at radius 3 is 2.33 bits per heavy atom. The highest BCUT2D eigenvalue weighted by Crippen LogP contribution is 2.49. The molecule has 0 spiro atoms. The second-order valence-electron chi connectivity index (χ2n) is 5.91. The highest BCUT2D eigenvalue weighted by atomic mass is 16.3. The fourth-order valence-electron chi connectivity index (χ4n) is 2.96. The average molecular weight is 249 g/mol. The van der Waals surface area contributed by atoms with E-state index in [1.54, 1.807) is 13.0 Å². The molecule has 0 aromatic heterocycles. The summed E-state index contributed by atoms with van der Waals surface area (Å²) in [5, 5.41) is 10.3. The van der Waals surface area contributed by atoms with E-state index < -0.39 is 22.9 Å². The summed E-state index contributed by atoms with van der Waals surface area (Å²) in [6, 6.07) is 0. The Hall–Kier alpha value is -1.42. The molecule has 1 heterocycles. The van der Waals surface area contributed by atoms with Crippen LogP contribution in [0.2, 0.25) is 0 Å². The third-order valence-electron chi connectivity index (χ3n) is 3.99. The van der Waals surface area contributed by atoms with E-state index in [0.29, 0.717) is 0 Å². The second kappa shape index (κ2) is 3.79. The summed E-state index contributed by atoms with van der Waals surface area (Å²) in [6.45, 7) is 9.18. The predicted molar refractivity (Wildman–Crippen MR) is 67.4 cm³/mol. The Morgan fingerprint density at radius 1 is 1.28 bits per heavy atom. The van der Waals surface area contributed by atoms with Gasteiger partial charge in [0.2, 0.25) is 11.8 Å². The predicted octanol–water partition coefficient (Wildman–Crippen LogP) is 1.12. The van der Waals surface area contributed by atoms with Crippen LogP contribution in [-0.4, -0.2) is 34.0 Å². The van der Waals surface area contributed by atoms with Gasteiger partial charge in [-0.05, 0) is 12.3 Å². The van der Waals surface area contributed by atoms with Gasteiger partial charge in [-0.25, -0.2) is 0 Å². The molecule has 18 heavy (non-hydrogen) atoms. The Morgan fingerprint density at radius 2 is 1.83 bits per heavy atom. The SMILES string of the molecule is C=CCN1C(=O)[C@@H]2[C@@H](C1=O)[C@](C)(O)C=CC2(C)C. The van der Waals surface area contributed by atoms with Gasteiger partial charge in [0.15, 0.2) is 0 Å². The minimum atomic E-state index is -1.26. The highest BCUT2D eigenvalue weighted by Gasteiger charge is 2.60. The van der Waals surface area contributed by atoms with Crippen LogP contribution in [0.4, 0.5) is 0 Å². The second-order valence-corrected chi connectivity index (χ2v) is 5.91. The molecule has 0 bridgehead atoms. The number of imide groups is 1. The molecule has 4 heteroatoms. The van der Waals surface area contributed by atoms with Gasteiger partial charge >= 0.3 is 0 Å². The molecule has 2 rings (SSSR count). The van der Waals surface area contributed by atoms with Crippen molar-refractivity contribution in [3.63, 3.8) is 0 Å². The molecule has 1 fully saturated rings. The van der Waals surface area contributed by atoms with Gasteiger partial charge in [-0.2, -0.15) is 0 Å². The number of fused-ring (bicyclic) bond motifs is 1. The first kappa shape index (κ1) is 13.0. The zero-order valence-corrected chi connectivity index (χ0v) is 11.0. The standard InChI is InChI=1S/C14H19NO3/c1-5-8-15-11(16)9-10(12(15)17)14(4,18)7-6-13(9,2)3/h5-7,9-10,18H,1,8H2,2-4H3/t9-,10-,14+/m0/s1. The Labute approximate surface area is 107 Å². The van der Waals surface area contributed by atoms with Crippen molar-refractivity contribution in [2.45, 2.75) is 26.4 Å². The largest absolute Gasteiger partial charge is 0.385 e. The molecule has 0 radical (unpaired) electrons. The number of rotatable bonds is 2. The number of hydrogen-bond acceptors (Lipinski definition) is 3. The zero-order chi connectivity index (χ0) is 13.7. The van der Waals surface area contributed by atoms with Crippen LogP contribution in [0.5, 0.6) is 0 Å². The van der Waals surface area contributed by atoms with Gasteiger partial charge in [-0.3, -0.25) is 14.5 Å². The van der Waals surface area contributed by atoms with Crippen LogP contribution in [0, 0.1) is 17.3 Å². The summed E-state index contributed by atoms with van der Waals surface area (Å²) in [6.07, 6.45) is 5.00. The smallest absolute Gasteiger partial charge is 0.236 e. The van der Waals surface area contributed by atoms with Crippen LogP contribution in [0.25, 0.3) is 0 Å². The lowest BCUT2D eigenvalue weighted by Crippen LogP contribution is -2.47. The molecule has 0 saturated carbocycles. The lowest BCUT2D eigenvalue weighted by Gasteiger charge is -2.40. The number of carbonyl (C=O) groups excluding carboxylic acids is 2. The maximum Gasteiger partial charge on any atom is 0.236 e. The first-order valence-electron chi connectivity index (χ1n) is 6.11. The third kappa shape index (κ3) is 1.63. The van der Waals surface area contributed by atoms with E-state index in [1.807, 2.05) is 19.9 Å². The van der Waals surface area contributed by atoms with Crippen molar-refractivity contribution in [2.75, 3.05) is 6.54 Å². The van der Waals surface area contributed by atoms with Crippen LogP contribution in [0.1, 0.15) is 20.8 Å². The van der Waals surface area contributed by atoms with E-state index in [2.05, 4.69) is 6.58 Å². The number of likely N-dealkylation sites (tertiary alicyclic amines) is 1. The maximum atomic E-state index is 12.4. The molecule has 1 aliphatic carbocycles. The van der Waals surface area contributed by atoms with Crippen molar-refractivity contribution in [3.8, 4) is 0 Å². The van der Waals surface area contributed by atoms with Crippen molar-refractivity contribution < 1.29 is 14.7 Å². The quantitative estimate of drug-likeness (QED) is 0.589. The summed E-state index contributed by atoms with van der Waals surface area (Å²) in [5.41, 5.74) is -1.68. The summed E-state index contributed by atoms with van der Waals surface area (Å²) >= 11 is 0. The Balaban J connectivity index is 2.51. The van der Waals surface area contributed by atoms with Gasteiger partial charge in [0.25, 0.3) is 0 Å². The maximum absolute atomic E-state index is 12.4. The van der Waals surface area contributed by atoms with Crippen molar-refractivity contribution in [3.05, 3.63) is 24.8 Å². The van der Waals surface area contributed by atoms with Crippen LogP contribution >= 0.6 is 0 Å². The topological polar surface area (TPSA) is 57.6 Å². The van der Waals surface area contributed by atoms with Gasteiger partial charge in [0.05, 0.1) is 17.4 Å². The molecule has 4 nitrogen and oxygen atoms in total. The third-order valence-corrected chi connectivity index (χ3v) is 3.99. The Bertz CT molecular complexity index is 412. The number of nitrogens with zero attached hydrogens (tertiary/aromatic N) is 1. The fourth-order valence-corrected chi connectivity index (χ4v) is 2.96. The van der Waals surface area contributed by atoms with Crippen molar-refractivity contribution >= 4 is 11.8 Å². The van der Waals surface area contributed by atoms with Gasteiger partial charge in [-0.15, -0.1) is 6.58 Å². The van der Waals surface area contributed by atoms with Crippen molar-refractivity contribution in [1.29, 1.82) is 0 Å². The van der Waals surface area contributed by atoms with Crippen LogP contribution < -0.4 is 0 Å². The summed E-state index contributed by atoms with van der Waals surface area (Å²) in [5.74, 6) is -1.69. The van der Waals surface area contributed by atoms with Gasteiger partial charge in [0.1, 0.15) is 0 Å².